The number of rotatable bonds is 6. The van der Waals surface area contributed by atoms with Gasteiger partial charge in [0.25, 0.3) is 11.8 Å². The van der Waals surface area contributed by atoms with E-state index in [2.05, 4.69) is 5.16 Å². The van der Waals surface area contributed by atoms with Crippen molar-refractivity contribution < 1.29 is 23.6 Å². The monoisotopic (exact) mass is 390 g/mol. The minimum atomic E-state index is -0.532. The van der Waals surface area contributed by atoms with E-state index < -0.39 is 5.97 Å². The number of amides is 2. The molecule has 0 saturated carbocycles. The standard InChI is InChI=1S/C22H18N2O5/c1-14-7-8-17-18(11-14)22(27)24(21(17)26)10-9-20(25)28-13-16-12-19(23-29-16)15-5-3-2-4-6-15/h2-8,11-12H,9-10,13H2,1H3. The van der Waals surface area contributed by atoms with Crippen LogP contribution in [0.5, 0.6) is 0 Å². The molecule has 4 rings (SSSR count). The van der Waals surface area contributed by atoms with Crippen LogP contribution >= 0.6 is 0 Å². The van der Waals surface area contributed by atoms with Crippen molar-refractivity contribution in [3.63, 3.8) is 0 Å². The Hall–Kier alpha value is -3.74. The summed E-state index contributed by atoms with van der Waals surface area (Å²) in [5.74, 6) is -0.895. The van der Waals surface area contributed by atoms with Gasteiger partial charge in [-0.25, -0.2) is 0 Å². The van der Waals surface area contributed by atoms with E-state index in [9.17, 15) is 14.4 Å². The lowest BCUT2D eigenvalue weighted by Crippen LogP contribution is -2.32. The summed E-state index contributed by atoms with van der Waals surface area (Å²) in [5, 5.41) is 3.96. The van der Waals surface area contributed by atoms with Gasteiger partial charge >= 0.3 is 5.97 Å². The van der Waals surface area contributed by atoms with Crippen LogP contribution < -0.4 is 0 Å². The summed E-state index contributed by atoms with van der Waals surface area (Å²) in [5.41, 5.74) is 3.18. The van der Waals surface area contributed by atoms with Gasteiger partial charge in [-0.15, -0.1) is 0 Å². The number of carbonyl (C=O) groups excluding carboxylic acids is 3. The average Bonchev–Trinajstić information content (AvgIpc) is 3.29. The molecule has 0 unspecified atom stereocenters. The molecule has 2 amide bonds. The number of benzene rings is 2. The topological polar surface area (TPSA) is 89.7 Å². The van der Waals surface area contributed by atoms with Gasteiger partial charge in [-0.3, -0.25) is 19.3 Å². The number of hydrogen-bond donors (Lipinski definition) is 0. The molecule has 0 bridgehead atoms. The second-order valence-corrected chi connectivity index (χ2v) is 6.77. The number of aryl methyl sites for hydroxylation is 1. The first kappa shape index (κ1) is 18.6. The predicted octanol–water partition coefficient (Wildman–Crippen LogP) is 3.38. The Kier molecular flexibility index (Phi) is 4.95. The van der Waals surface area contributed by atoms with Crippen molar-refractivity contribution >= 4 is 17.8 Å². The SMILES string of the molecule is Cc1ccc2c(c1)C(=O)N(CCC(=O)OCc1cc(-c3ccccc3)no1)C2=O. The van der Waals surface area contributed by atoms with Gasteiger partial charge in [0, 0.05) is 18.2 Å². The van der Waals surface area contributed by atoms with Crippen molar-refractivity contribution in [3.8, 4) is 11.3 Å². The highest BCUT2D eigenvalue weighted by molar-refractivity contribution is 6.21. The second kappa shape index (κ2) is 7.71. The van der Waals surface area contributed by atoms with Crippen LogP contribution in [0.2, 0.25) is 0 Å². The van der Waals surface area contributed by atoms with E-state index in [4.69, 9.17) is 9.26 Å². The Labute approximate surface area is 166 Å². The number of imide groups is 1. The van der Waals surface area contributed by atoms with Gasteiger partial charge in [0.2, 0.25) is 0 Å². The largest absolute Gasteiger partial charge is 0.457 e. The molecular formula is C22H18N2O5. The highest BCUT2D eigenvalue weighted by Gasteiger charge is 2.35. The number of ether oxygens (including phenoxy) is 1. The summed E-state index contributed by atoms with van der Waals surface area (Å²) in [7, 11) is 0. The molecule has 29 heavy (non-hydrogen) atoms. The van der Waals surface area contributed by atoms with Crippen molar-refractivity contribution in [2.75, 3.05) is 6.54 Å². The van der Waals surface area contributed by atoms with Gasteiger partial charge in [0.15, 0.2) is 12.4 Å². The molecule has 0 spiro atoms. The second-order valence-electron chi connectivity index (χ2n) is 6.77. The van der Waals surface area contributed by atoms with E-state index in [1.165, 1.54) is 0 Å². The molecule has 0 atom stereocenters. The van der Waals surface area contributed by atoms with E-state index in [0.717, 1.165) is 16.0 Å². The first-order chi connectivity index (χ1) is 14.0. The minimum Gasteiger partial charge on any atom is -0.457 e. The third-order valence-electron chi connectivity index (χ3n) is 4.67. The molecule has 1 aromatic heterocycles. The van der Waals surface area contributed by atoms with Crippen molar-refractivity contribution in [2.24, 2.45) is 0 Å². The fraction of sp³-hybridized carbons (Fsp3) is 0.182. The molecule has 1 aliphatic heterocycles. The zero-order valence-corrected chi connectivity index (χ0v) is 15.8. The Balaban J connectivity index is 1.31. The molecule has 2 heterocycles. The number of carbonyl (C=O) groups is 3. The smallest absolute Gasteiger partial charge is 0.308 e. The summed E-state index contributed by atoms with van der Waals surface area (Å²) in [6, 6.07) is 16.3. The normalized spacial score (nSPS) is 12.9. The summed E-state index contributed by atoms with van der Waals surface area (Å²) >= 11 is 0. The molecule has 7 heteroatoms. The van der Waals surface area contributed by atoms with Crippen LogP contribution in [0.15, 0.2) is 59.1 Å². The Morgan fingerprint density at radius 2 is 1.79 bits per heavy atom. The van der Waals surface area contributed by atoms with E-state index in [0.29, 0.717) is 22.6 Å². The zero-order valence-electron chi connectivity index (χ0n) is 15.8. The van der Waals surface area contributed by atoms with Crippen LogP contribution in [0.25, 0.3) is 11.3 Å². The number of hydrogen-bond acceptors (Lipinski definition) is 6. The highest BCUT2D eigenvalue weighted by atomic mass is 16.5. The molecule has 2 aromatic carbocycles. The third kappa shape index (κ3) is 3.80. The van der Waals surface area contributed by atoms with Gasteiger partial charge in [0.05, 0.1) is 17.5 Å². The molecule has 146 valence electrons. The Morgan fingerprint density at radius 3 is 2.59 bits per heavy atom. The van der Waals surface area contributed by atoms with Crippen LogP contribution in [0.4, 0.5) is 0 Å². The van der Waals surface area contributed by atoms with Gasteiger partial charge in [-0.2, -0.15) is 0 Å². The van der Waals surface area contributed by atoms with E-state index >= 15 is 0 Å². The third-order valence-corrected chi connectivity index (χ3v) is 4.67. The highest BCUT2D eigenvalue weighted by Crippen LogP contribution is 2.24. The lowest BCUT2D eigenvalue weighted by Gasteiger charge is -2.12. The number of aromatic nitrogens is 1. The van der Waals surface area contributed by atoms with Crippen LogP contribution in [0.1, 0.15) is 38.5 Å². The predicted molar refractivity (Wildman–Crippen MR) is 103 cm³/mol. The van der Waals surface area contributed by atoms with E-state index in [-0.39, 0.29) is 31.4 Å². The maximum atomic E-state index is 12.4. The van der Waals surface area contributed by atoms with Gasteiger partial charge in [0.1, 0.15) is 5.69 Å². The van der Waals surface area contributed by atoms with Gasteiger partial charge in [-0.05, 0) is 19.1 Å². The van der Waals surface area contributed by atoms with Crippen LogP contribution in [-0.4, -0.2) is 34.4 Å². The van der Waals surface area contributed by atoms with Gasteiger partial charge in [-0.1, -0.05) is 47.1 Å². The zero-order chi connectivity index (χ0) is 20.4. The molecule has 0 N–H and O–H groups in total. The van der Waals surface area contributed by atoms with E-state index in [1.54, 1.807) is 24.3 Å². The van der Waals surface area contributed by atoms with Crippen molar-refractivity contribution in [3.05, 3.63) is 77.0 Å². The summed E-state index contributed by atoms with van der Waals surface area (Å²) in [4.78, 5) is 37.9. The molecule has 0 fully saturated rings. The van der Waals surface area contributed by atoms with Crippen LogP contribution in [-0.2, 0) is 16.1 Å². The fourth-order valence-electron chi connectivity index (χ4n) is 3.16. The van der Waals surface area contributed by atoms with Crippen LogP contribution in [0, 0.1) is 6.92 Å². The van der Waals surface area contributed by atoms with Crippen LogP contribution in [0.3, 0.4) is 0 Å². The lowest BCUT2D eigenvalue weighted by atomic mass is 10.1. The maximum absolute atomic E-state index is 12.4. The summed E-state index contributed by atoms with van der Waals surface area (Å²) in [6.07, 6.45) is -0.0931. The van der Waals surface area contributed by atoms with Gasteiger partial charge < -0.3 is 9.26 Å². The molecule has 1 aliphatic rings. The average molecular weight is 390 g/mol. The first-order valence-corrected chi connectivity index (χ1v) is 9.16. The molecule has 0 aliphatic carbocycles. The number of nitrogens with zero attached hydrogens (tertiary/aromatic N) is 2. The number of esters is 1. The fourth-order valence-corrected chi connectivity index (χ4v) is 3.16. The molecular weight excluding hydrogens is 372 g/mol. The lowest BCUT2D eigenvalue weighted by molar-refractivity contribution is -0.145. The number of fused-ring (bicyclic) bond motifs is 1. The maximum Gasteiger partial charge on any atom is 0.308 e. The molecule has 3 aromatic rings. The van der Waals surface area contributed by atoms with Crippen molar-refractivity contribution in [1.29, 1.82) is 0 Å². The Morgan fingerprint density at radius 1 is 1.03 bits per heavy atom. The molecule has 0 saturated heterocycles. The van der Waals surface area contributed by atoms with Crippen molar-refractivity contribution in [1.82, 2.24) is 10.1 Å². The molecule has 0 radical (unpaired) electrons. The first-order valence-electron chi connectivity index (χ1n) is 9.16. The molecule has 7 nitrogen and oxygen atoms in total. The van der Waals surface area contributed by atoms with E-state index in [1.807, 2.05) is 37.3 Å². The minimum absolute atomic E-state index is 0.0318. The summed E-state index contributed by atoms with van der Waals surface area (Å²) in [6.45, 7) is 1.75. The van der Waals surface area contributed by atoms with Crippen molar-refractivity contribution in [2.45, 2.75) is 20.0 Å². The quantitative estimate of drug-likeness (QED) is 0.473. The Bertz CT molecular complexity index is 1090. The summed E-state index contributed by atoms with van der Waals surface area (Å²) < 4.78 is 10.4.